The second-order valence-electron chi connectivity index (χ2n) is 3.05. The molecule has 0 amide bonds. The number of carboxylic acids is 1. The van der Waals surface area contributed by atoms with E-state index in [0.29, 0.717) is 0 Å². The summed E-state index contributed by atoms with van der Waals surface area (Å²) in [5.74, 6) is -1.79. The maximum Gasteiger partial charge on any atom is 0.573 e. The molecule has 0 unspecified atom stereocenters. The van der Waals surface area contributed by atoms with Crippen molar-refractivity contribution in [2.24, 2.45) is 5.73 Å². The second kappa shape index (κ2) is 5.08. The second-order valence-corrected chi connectivity index (χ2v) is 4.22. The van der Waals surface area contributed by atoms with E-state index in [4.69, 9.17) is 10.8 Å². The van der Waals surface area contributed by atoms with E-state index in [1.54, 1.807) is 22.6 Å². The summed E-state index contributed by atoms with van der Waals surface area (Å²) in [5.41, 5.74) is 5.32. The van der Waals surface area contributed by atoms with Crippen molar-refractivity contribution in [3.63, 3.8) is 0 Å². The Bertz CT molecular complexity index is 436. The highest BCUT2D eigenvalue weighted by Crippen LogP contribution is 2.29. The van der Waals surface area contributed by atoms with Gasteiger partial charge in [0.1, 0.15) is 11.8 Å². The lowest BCUT2D eigenvalue weighted by atomic mass is 10.1. The van der Waals surface area contributed by atoms with Gasteiger partial charge in [0.2, 0.25) is 0 Å². The quantitative estimate of drug-likeness (QED) is 0.811. The van der Waals surface area contributed by atoms with Crippen molar-refractivity contribution >= 4 is 28.6 Å². The van der Waals surface area contributed by atoms with Crippen LogP contribution in [0.3, 0.4) is 0 Å². The number of carboxylic acid groups (broad SMARTS) is 1. The van der Waals surface area contributed by atoms with Crippen LogP contribution in [-0.4, -0.2) is 17.4 Å². The fourth-order valence-electron chi connectivity index (χ4n) is 1.06. The number of ether oxygens (including phenoxy) is 1. The monoisotopic (exact) mass is 361 g/mol. The molecular weight excluding hydrogens is 354 g/mol. The lowest BCUT2D eigenvalue weighted by Crippen LogP contribution is -2.22. The predicted molar refractivity (Wildman–Crippen MR) is 60.4 cm³/mol. The van der Waals surface area contributed by atoms with Gasteiger partial charge in [-0.3, -0.25) is 4.79 Å². The zero-order valence-corrected chi connectivity index (χ0v) is 10.3. The van der Waals surface area contributed by atoms with Gasteiger partial charge < -0.3 is 15.6 Å². The van der Waals surface area contributed by atoms with Gasteiger partial charge in [0.15, 0.2) is 0 Å². The van der Waals surface area contributed by atoms with Crippen molar-refractivity contribution in [1.82, 2.24) is 0 Å². The van der Waals surface area contributed by atoms with Crippen LogP contribution in [0.15, 0.2) is 18.2 Å². The van der Waals surface area contributed by atoms with E-state index in [9.17, 15) is 18.0 Å². The van der Waals surface area contributed by atoms with Gasteiger partial charge >= 0.3 is 12.3 Å². The minimum absolute atomic E-state index is 0.0390. The molecule has 1 rings (SSSR count). The summed E-state index contributed by atoms with van der Waals surface area (Å²) in [6.45, 7) is 0. The number of rotatable bonds is 3. The highest BCUT2D eigenvalue weighted by Gasteiger charge is 2.32. The zero-order chi connectivity index (χ0) is 13.2. The molecule has 0 saturated heterocycles. The minimum Gasteiger partial charge on any atom is -0.480 e. The molecule has 1 aromatic rings. The molecule has 0 spiro atoms. The number of halogens is 4. The van der Waals surface area contributed by atoms with Crippen molar-refractivity contribution in [1.29, 1.82) is 0 Å². The summed E-state index contributed by atoms with van der Waals surface area (Å²) in [6.07, 6.45) is -4.83. The molecule has 94 valence electrons. The molecule has 0 aliphatic carbocycles. The maximum absolute atomic E-state index is 12.0. The molecule has 3 N–H and O–H groups in total. The molecule has 0 radical (unpaired) electrons. The van der Waals surface area contributed by atoms with Gasteiger partial charge in [-0.25, -0.2) is 0 Å². The molecule has 8 heteroatoms. The highest BCUT2D eigenvalue weighted by atomic mass is 127. The van der Waals surface area contributed by atoms with Crippen LogP contribution in [0.25, 0.3) is 0 Å². The molecule has 0 aliphatic heterocycles. The first-order chi connectivity index (χ1) is 7.70. The summed E-state index contributed by atoms with van der Waals surface area (Å²) in [5, 5.41) is 8.64. The van der Waals surface area contributed by atoms with Crippen molar-refractivity contribution in [3.8, 4) is 5.75 Å². The first-order valence-electron chi connectivity index (χ1n) is 4.24. The highest BCUT2D eigenvalue weighted by molar-refractivity contribution is 14.1. The van der Waals surface area contributed by atoms with Gasteiger partial charge in [-0.2, -0.15) is 0 Å². The van der Waals surface area contributed by atoms with Crippen molar-refractivity contribution in [3.05, 3.63) is 27.3 Å². The van der Waals surface area contributed by atoms with Gasteiger partial charge in [-0.1, -0.05) is 6.07 Å². The molecular formula is C9H7F3INO3. The molecule has 1 atom stereocenters. The van der Waals surface area contributed by atoms with Crippen LogP contribution in [0.4, 0.5) is 13.2 Å². The van der Waals surface area contributed by atoms with Crippen molar-refractivity contribution < 1.29 is 27.8 Å². The molecule has 17 heavy (non-hydrogen) atoms. The summed E-state index contributed by atoms with van der Waals surface area (Å²) in [4.78, 5) is 10.6. The van der Waals surface area contributed by atoms with Crippen molar-refractivity contribution in [2.45, 2.75) is 12.4 Å². The third-order valence-electron chi connectivity index (χ3n) is 1.81. The van der Waals surface area contributed by atoms with E-state index in [-0.39, 0.29) is 9.13 Å². The molecule has 0 aromatic heterocycles. The van der Waals surface area contributed by atoms with Crippen LogP contribution in [0.1, 0.15) is 11.6 Å². The SMILES string of the molecule is N[C@H](C(=O)O)c1ccc(I)c(OC(F)(F)F)c1. The summed E-state index contributed by atoms with van der Waals surface area (Å²) < 4.78 is 40.1. The molecule has 0 bridgehead atoms. The minimum atomic E-state index is -4.83. The smallest absolute Gasteiger partial charge is 0.480 e. The summed E-state index contributed by atoms with van der Waals surface area (Å²) in [7, 11) is 0. The Balaban J connectivity index is 3.06. The predicted octanol–water partition coefficient (Wildman–Crippen LogP) is 2.27. The Morgan fingerprint density at radius 3 is 2.53 bits per heavy atom. The lowest BCUT2D eigenvalue weighted by molar-refractivity contribution is -0.275. The van der Waals surface area contributed by atoms with Crippen LogP contribution in [0, 0.1) is 3.57 Å². The molecule has 1 aromatic carbocycles. The van der Waals surface area contributed by atoms with Gasteiger partial charge in [-0.05, 0) is 40.3 Å². The van der Waals surface area contributed by atoms with Crippen molar-refractivity contribution in [2.75, 3.05) is 0 Å². The van der Waals surface area contributed by atoms with Gasteiger partial charge in [0.05, 0.1) is 3.57 Å². The summed E-state index contributed by atoms with van der Waals surface area (Å²) >= 11 is 1.64. The third-order valence-corrected chi connectivity index (χ3v) is 2.70. The lowest BCUT2D eigenvalue weighted by Gasteiger charge is -2.13. The Morgan fingerprint density at radius 2 is 2.06 bits per heavy atom. The Hall–Kier alpha value is -1.03. The molecule has 0 fully saturated rings. The summed E-state index contributed by atoms with van der Waals surface area (Å²) in [6, 6.07) is 2.22. The number of alkyl halides is 3. The number of benzene rings is 1. The Morgan fingerprint density at radius 1 is 1.47 bits per heavy atom. The first-order valence-corrected chi connectivity index (χ1v) is 5.32. The van der Waals surface area contributed by atoms with Crippen LogP contribution in [0.5, 0.6) is 5.75 Å². The average Bonchev–Trinajstić information content (AvgIpc) is 2.18. The largest absolute Gasteiger partial charge is 0.573 e. The molecule has 0 heterocycles. The number of carbonyl (C=O) groups is 1. The number of nitrogens with two attached hydrogens (primary N) is 1. The first kappa shape index (κ1) is 14.0. The van der Waals surface area contributed by atoms with E-state index in [2.05, 4.69) is 4.74 Å². The van der Waals surface area contributed by atoms with Crippen LogP contribution >= 0.6 is 22.6 Å². The van der Waals surface area contributed by atoms with E-state index < -0.39 is 24.1 Å². The van der Waals surface area contributed by atoms with E-state index in [0.717, 1.165) is 6.07 Å². The van der Waals surface area contributed by atoms with Gasteiger partial charge in [0, 0.05) is 0 Å². The van der Waals surface area contributed by atoms with E-state index in [1.165, 1.54) is 12.1 Å². The zero-order valence-electron chi connectivity index (χ0n) is 8.16. The van der Waals surface area contributed by atoms with Gasteiger partial charge in [-0.15, -0.1) is 13.2 Å². The number of hydrogen-bond donors (Lipinski definition) is 2. The van der Waals surface area contributed by atoms with Gasteiger partial charge in [0.25, 0.3) is 0 Å². The van der Waals surface area contributed by atoms with Crippen LogP contribution in [0.2, 0.25) is 0 Å². The van der Waals surface area contributed by atoms with Crippen LogP contribution in [-0.2, 0) is 4.79 Å². The number of aliphatic carboxylic acids is 1. The van der Waals surface area contributed by atoms with E-state index >= 15 is 0 Å². The Labute approximate surface area is 108 Å². The average molecular weight is 361 g/mol. The fraction of sp³-hybridized carbons (Fsp3) is 0.222. The number of hydrogen-bond acceptors (Lipinski definition) is 3. The molecule has 0 aliphatic rings. The topological polar surface area (TPSA) is 72.6 Å². The van der Waals surface area contributed by atoms with E-state index in [1.807, 2.05) is 0 Å². The van der Waals surface area contributed by atoms with Crippen LogP contribution < -0.4 is 10.5 Å². The Kier molecular flexibility index (Phi) is 4.20. The standard InChI is InChI=1S/C9H7F3INO3/c10-9(11,12)17-6-3-4(1-2-5(6)13)7(14)8(15)16/h1-3,7H,14H2,(H,15,16)/t7-/m0/s1. The third kappa shape index (κ3) is 4.04. The molecule has 0 saturated carbocycles. The fourth-order valence-corrected chi connectivity index (χ4v) is 1.50. The normalized spacial score (nSPS) is 13.2. The molecule has 4 nitrogen and oxygen atoms in total. The maximum atomic E-state index is 12.0.